The maximum Gasteiger partial charge on any atom is 0.131 e. The molecule has 6 nitrogen and oxygen atoms in total. The van der Waals surface area contributed by atoms with Crippen LogP contribution in [0.25, 0.3) is 0 Å². The van der Waals surface area contributed by atoms with Gasteiger partial charge < -0.3 is 14.3 Å². The van der Waals surface area contributed by atoms with Crippen LogP contribution in [0.5, 0.6) is 5.75 Å². The lowest BCUT2D eigenvalue weighted by atomic mass is 10.3. The van der Waals surface area contributed by atoms with E-state index in [1.807, 2.05) is 37.3 Å². The number of para-hydroxylation sites is 1. The summed E-state index contributed by atoms with van der Waals surface area (Å²) in [5, 5.41) is 3.94. The molecule has 1 N–H and O–H groups in total. The van der Waals surface area contributed by atoms with E-state index >= 15 is 0 Å². The zero-order chi connectivity index (χ0) is 14.5. The molecule has 0 fully saturated rings. The number of hydroxylamine groups is 1. The van der Waals surface area contributed by atoms with Gasteiger partial charge in [-0.05, 0) is 19.1 Å². The molecule has 0 aliphatic rings. The number of rotatable bonds is 11. The normalized spacial score (nSPS) is 11.4. The molecule has 0 unspecified atom stereocenters. The van der Waals surface area contributed by atoms with Crippen molar-refractivity contribution in [2.24, 2.45) is 5.16 Å². The maximum atomic E-state index is 5.53. The number of oxime groups is 1. The highest BCUT2D eigenvalue weighted by atomic mass is 16.7. The Bertz CT molecular complexity index is 371. The van der Waals surface area contributed by atoms with Crippen molar-refractivity contribution in [3.63, 3.8) is 0 Å². The van der Waals surface area contributed by atoms with Gasteiger partial charge in [0.2, 0.25) is 0 Å². The van der Waals surface area contributed by atoms with Gasteiger partial charge in [-0.1, -0.05) is 23.4 Å². The summed E-state index contributed by atoms with van der Waals surface area (Å²) in [6, 6.07) is 9.59. The zero-order valence-corrected chi connectivity index (χ0v) is 12.0. The lowest BCUT2D eigenvalue weighted by molar-refractivity contribution is -0.00518. The summed E-state index contributed by atoms with van der Waals surface area (Å²) >= 11 is 0. The fourth-order valence-corrected chi connectivity index (χ4v) is 1.24. The molecule has 0 heterocycles. The van der Waals surface area contributed by atoms with Gasteiger partial charge in [-0.2, -0.15) is 5.48 Å². The molecular weight excluding hydrogens is 260 g/mol. The molecule has 0 radical (unpaired) electrons. The van der Waals surface area contributed by atoms with Crippen LogP contribution in [0.3, 0.4) is 0 Å². The highest BCUT2D eigenvalue weighted by molar-refractivity contribution is 5.82. The lowest BCUT2D eigenvalue weighted by Crippen LogP contribution is -2.21. The van der Waals surface area contributed by atoms with E-state index in [1.165, 1.54) is 0 Å². The van der Waals surface area contributed by atoms with Crippen molar-refractivity contribution >= 4 is 5.71 Å². The molecule has 0 saturated carbocycles. The van der Waals surface area contributed by atoms with Crippen LogP contribution in [-0.4, -0.2) is 45.8 Å². The van der Waals surface area contributed by atoms with Crippen LogP contribution in [-0.2, 0) is 14.4 Å². The van der Waals surface area contributed by atoms with Crippen LogP contribution in [0.4, 0.5) is 0 Å². The number of hydrogen-bond acceptors (Lipinski definition) is 6. The minimum absolute atomic E-state index is 0.405. The maximum absolute atomic E-state index is 5.53. The van der Waals surface area contributed by atoms with Gasteiger partial charge in [-0.25, -0.2) is 0 Å². The number of benzene rings is 1. The van der Waals surface area contributed by atoms with E-state index in [1.54, 1.807) is 7.11 Å². The molecule has 1 aromatic carbocycles. The molecular formula is C14H22N2O4. The fraction of sp³-hybridized carbons (Fsp3) is 0.500. The third kappa shape index (κ3) is 8.47. The summed E-state index contributed by atoms with van der Waals surface area (Å²) in [5.41, 5.74) is 3.52. The van der Waals surface area contributed by atoms with Crippen LogP contribution in [0, 0.1) is 0 Å². The highest BCUT2D eigenvalue weighted by Gasteiger charge is 1.95. The predicted octanol–water partition coefficient (Wildman–Crippen LogP) is 1.63. The molecule has 112 valence electrons. The number of hydrogen-bond donors (Lipinski definition) is 1. The van der Waals surface area contributed by atoms with Crippen molar-refractivity contribution in [3.8, 4) is 5.75 Å². The van der Waals surface area contributed by atoms with E-state index in [9.17, 15) is 0 Å². The minimum Gasteiger partial charge on any atom is -0.488 e. The number of methoxy groups -OCH3 is 1. The molecule has 0 aromatic heterocycles. The van der Waals surface area contributed by atoms with Crippen molar-refractivity contribution in [3.05, 3.63) is 30.3 Å². The summed E-state index contributed by atoms with van der Waals surface area (Å²) in [6.45, 7) is 4.30. The standard InChI is InChI=1S/C14H22N2O4/c1-13(12-18-14-6-4-3-5-7-14)16-20-9-8-15-19-11-10-17-2/h3-7,15H,8-12H2,1-2H3/b16-13+. The fourth-order valence-electron chi connectivity index (χ4n) is 1.24. The summed E-state index contributed by atoms with van der Waals surface area (Å²) in [4.78, 5) is 10.2. The van der Waals surface area contributed by atoms with Gasteiger partial charge in [0, 0.05) is 7.11 Å². The Morgan fingerprint density at radius 3 is 2.70 bits per heavy atom. The van der Waals surface area contributed by atoms with Gasteiger partial charge in [0.25, 0.3) is 0 Å². The van der Waals surface area contributed by atoms with Crippen molar-refractivity contribution in [1.82, 2.24) is 5.48 Å². The Hall–Kier alpha value is -1.63. The van der Waals surface area contributed by atoms with Crippen molar-refractivity contribution in [2.75, 3.05) is 40.1 Å². The van der Waals surface area contributed by atoms with Gasteiger partial charge >= 0.3 is 0 Å². The van der Waals surface area contributed by atoms with Gasteiger partial charge in [-0.15, -0.1) is 0 Å². The lowest BCUT2D eigenvalue weighted by Gasteiger charge is -2.06. The molecule has 0 saturated heterocycles. The minimum atomic E-state index is 0.405. The molecule has 0 aliphatic carbocycles. The number of nitrogens with one attached hydrogen (secondary N) is 1. The van der Waals surface area contributed by atoms with Gasteiger partial charge in [-0.3, -0.25) is 4.84 Å². The van der Waals surface area contributed by atoms with Crippen LogP contribution >= 0.6 is 0 Å². The first-order chi connectivity index (χ1) is 9.83. The smallest absolute Gasteiger partial charge is 0.131 e. The largest absolute Gasteiger partial charge is 0.488 e. The Morgan fingerprint density at radius 2 is 1.95 bits per heavy atom. The molecule has 20 heavy (non-hydrogen) atoms. The summed E-state index contributed by atoms with van der Waals surface area (Å²) in [7, 11) is 1.63. The monoisotopic (exact) mass is 282 g/mol. The Balaban J connectivity index is 2.01. The van der Waals surface area contributed by atoms with E-state index in [2.05, 4.69) is 10.6 Å². The molecule has 0 atom stereocenters. The van der Waals surface area contributed by atoms with Crippen LogP contribution in [0.1, 0.15) is 6.92 Å². The van der Waals surface area contributed by atoms with Gasteiger partial charge in [0.15, 0.2) is 0 Å². The topological polar surface area (TPSA) is 61.3 Å². The van der Waals surface area contributed by atoms with E-state index in [0.717, 1.165) is 11.5 Å². The molecule has 0 amide bonds. The number of nitrogens with zero attached hydrogens (tertiary/aromatic N) is 1. The Kier molecular flexibility index (Phi) is 9.21. The average Bonchev–Trinajstić information content (AvgIpc) is 2.49. The van der Waals surface area contributed by atoms with Crippen LogP contribution < -0.4 is 10.2 Å². The molecule has 0 bridgehead atoms. The Morgan fingerprint density at radius 1 is 1.15 bits per heavy atom. The molecule has 1 aromatic rings. The molecule has 0 aliphatic heterocycles. The number of ether oxygens (including phenoxy) is 2. The quantitative estimate of drug-likeness (QED) is 0.380. The molecule has 1 rings (SSSR count). The first kappa shape index (κ1) is 16.4. The predicted molar refractivity (Wildman–Crippen MR) is 76.8 cm³/mol. The van der Waals surface area contributed by atoms with Gasteiger partial charge in [0.05, 0.1) is 25.5 Å². The van der Waals surface area contributed by atoms with Crippen LogP contribution in [0.15, 0.2) is 35.5 Å². The van der Waals surface area contributed by atoms with E-state index in [-0.39, 0.29) is 0 Å². The van der Waals surface area contributed by atoms with Gasteiger partial charge in [0.1, 0.15) is 19.0 Å². The average molecular weight is 282 g/mol. The van der Waals surface area contributed by atoms with Crippen molar-refractivity contribution in [1.29, 1.82) is 0 Å². The van der Waals surface area contributed by atoms with Crippen molar-refractivity contribution in [2.45, 2.75) is 6.92 Å². The third-order valence-corrected chi connectivity index (χ3v) is 2.20. The van der Waals surface area contributed by atoms with Crippen molar-refractivity contribution < 1.29 is 19.1 Å². The van der Waals surface area contributed by atoms with E-state index in [4.69, 9.17) is 19.1 Å². The second-order valence-corrected chi connectivity index (χ2v) is 4.00. The summed E-state index contributed by atoms with van der Waals surface area (Å²) in [5.74, 6) is 0.815. The molecule has 6 heteroatoms. The summed E-state index contributed by atoms with van der Waals surface area (Å²) in [6.07, 6.45) is 0. The summed E-state index contributed by atoms with van der Waals surface area (Å²) < 4.78 is 10.4. The Labute approximate surface area is 119 Å². The molecule has 0 spiro atoms. The first-order valence-corrected chi connectivity index (χ1v) is 6.50. The first-order valence-electron chi connectivity index (χ1n) is 6.50. The second-order valence-electron chi connectivity index (χ2n) is 4.00. The second kappa shape index (κ2) is 11.2. The third-order valence-electron chi connectivity index (χ3n) is 2.20. The van der Waals surface area contributed by atoms with Crippen LogP contribution in [0.2, 0.25) is 0 Å². The van der Waals surface area contributed by atoms with E-state index < -0.39 is 0 Å². The highest BCUT2D eigenvalue weighted by Crippen LogP contribution is 2.07. The van der Waals surface area contributed by atoms with E-state index in [0.29, 0.717) is 33.0 Å². The zero-order valence-electron chi connectivity index (χ0n) is 12.0. The SMILES string of the molecule is COCCONCCO/N=C(\C)COc1ccccc1.